The average molecular weight is 528 g/mol. The second kappa shape index (κ2) is 11.2. The zero-order chi connectivity index (χ0) is 26.6. The third-order valence-electron chi connectivity index (χ3n) is 6.92. The molecule has 1 unspecified atom stereocenters. The fourth-order valence-electron chi connectivity index (χ4n) is 4.94. The summed E-state index contributed by atoms with van der Waals surface area (Å²) in [6.45, 7) is 6.25. The largest absolute Gasteiger partial charge is 0.339 e. The van der Waals surface area contributed by atoms with Crippen LogP contribution in [0, 0.1) is 13.8 Å². The first kappa shape index (κ1) is 25.7. The van der Waals surface area contributed by atoms with Crippen LogP contribution < -0.4 is 16.0 Å². The van der Waals surface area contributed by atoms with Crippen LogP contribution in [-0.4, -0.2) is 34.0 Å². The Labute approximate surface area is 227 Å². The lowest BCUT2D eigenvalue weighted by Gasteiger charge is -2.22. The molecular weight excluding hydrogens is 498 g/mol. The third kappa shape index (κ3) is 5.49. The molecule has 0 aliphatic carbocycles. The van der Waals surface area contributed by atoms with Crippen molar-refractivity contribution in [3.05, 3.63) is 106 Å². The maximum atomic E-state index is 13.5. The van der Waals surface area contributed by atoms with Crippen LogP contribution in [0.4, 0.5) is 5.69 Å². The summed E-state index contributed by atoms with van der Waals surface area (Å²) >= 11 is 6.40. The van der Waals surface area contributed by atoms with E-state index in [2.05, 4.69) is 27.9 Å². The molecular formula is C30H30ClN5O2. The normalized spacial score (nSPS) is 13.4. The lowest BCUT2D eigenvalue weighted by molar-refractivity contribution is -0.118. The predicted octanol–water partition coefficient (Wildman–Crippen LogP) is 4.90. The van der Waals surface area contributed by atoms with E-state index in [9.17, 15) is 9.59 Å². The smallest absolute Gasteiger partial charge is 0.268 e. The minimum absolute atomic E-state index is 0.262. The molecule has 2 aromatic carbocycles. The molecule has 1 aliphatic rings. The van der Waals surface area contributed by atoms with Crippen LogP contribution in [0.15, 0.2) is 72.9 Å². The number of anilines is 1. The van der Waals surface area contributed by atoms with Crippen LogP contribution in [0.2, 0.25) is 5.02 Å². The number of carbonyl (C=O) groups excluding carboxylic acids is 2. The minimum atomic E-state index is -0.822. The van der Waals surface area contributed by atoms with E-state index in [1.165, 1.54) is 0 Å². The van der Waals surface area contributed by atoms with Crippen LogP contribution >= 0.6 is 11.6 Å². The summed E-state index contributed by atoms with van der Waals surface area (Å²) < 4.78 is 2.00. The number of aryl methyl sites for hydroxylation is 2. The fraction of sp³-hybridized carbons (Fsp3) is 0.233. The lowest BCUT2D eigenvalue weighted by atomic mass is 9.99. The molecule has 1 aliphatic heterocycles. The van der Waals surface area contributed by atoms with E-state index >= 15 is 0 Å². The zero-order valence-electron chi connectivity index (χ0n) is 21.4. The van der Waals surface area contributed by atoms with Gasteiger partial charge in [0.05, 0.1) is 0 Å². The second-order valence-corrected chi connectivity index (χ2v) is 9.92. The molecule has 0 bridgehead atoms. The summed E-state index contributed by atoms with van der Waals surface area (Å²) in [5.41, 5.74) is 7.22. The number of nitrogens with one attached hydrogen (secondary N) is 3. The maximum absolute atomic E-state index is 13.5. The molecule has 0 fully saturated rings. The maximum Gasteiger partial charge on any atom is 0.268 e. The van der Waals surface area contributed by atoms with Crippen molar-refractivity contribution in [2.45, 2.75) is 39.4 Å². The first-order valence-electron chi connectivity index (χ1n) is 12.7. The van der Waals surface area contributed by atoms with Crippen LogP contribution in [0.1, 0.15) is 33.0 Å². The highest BCUT2D eigenvalue weighted by atomic mass is 35.5. The number of fused-ring (bicyclic) bond motifs is 1. The minimum Gasteiger partial charge on any atom is -0.339 e. The fourth-order valence-corrected chi connectivity index (χ4v) is 5.15. The van der Waals surface area contributed by atoms with E-state index in [1.807, 2.05) is 72.2 Å². The molecule has 0 spiro atoms. The van der Waals surface area contributed by atoms with Gasteiger partial charge in [-0.2, -0.15) is 0 Å². The highest BCUT2D eigenvalue weighted by Crippen LogP contribution is 2.27. The van der Waals surface area contributed by atoms with Gasteiger partial charge in [0.1, 0.15) is 11.7 Å². The average Bonchev–Trinajstić information content (AvgIpc) is 3.35. The van der Waals surface area contributed by atoms with Gasteiger partial charge in [0.15, 0.2) is 0 Å². The van der Waals surface area contributed by atoms with E-state index in [4.69, 9.17) is 11.6 Å². The van der Waals surface area contributed by atoms with Crippen LogP contribution in [0.3, 0.4) is 0 Å². The van der Waals surface area contributed by atoms with Gasteiger partial charge in [-0.15, -0.1) is 0 Å². The summed E-state index contributed by atoms with van der Waals surface area (Å²) in [6, 6.07) is 19.9. The Morgan fingerprint density at radius 2 is 1.84 bits per heavy atom. The second-order valence-electron chi connectivity index (χ2n) is 9.51. The molecule has 3 N–H and O–H groups in total. The number of aromatic nitrogens is 2. The van der Waals surface area contributed by atoms with Crippen molar-refractivity contribution in [1.82, 2.24) is 20.2 Å². The van der Waals surface area contributed by atoms with Crippen LogP contribution in [-0.2, 0) is 24.3 Å². The lowest BCUT2D eigenvalue weighted by Crippen LogP contribution is -2.46. The molecule has 1 atom stereocenters. The first-order valence-corrected chi connectivity index (χ1v) is 13.1. The van der Waals surface area contributed by atoms with Gasteiger partial charge in [-0.05, 0) is 66.9 Å². The van der Waals surface area contributed by atoms with Crippen molar-refractivity contribution < 1.29 is 9.59 Å². The highest BCUT2D eigenvalue weighted by Gasteiger charge is 2.25. The number of carbonyl (C=O) groups is 2. The predicted molar refractivity (Wildman–Crippen MR) is 150 cm³/mol. The van der Waals surface area contributed by atoms with Crippen molar-refractivity contribution in [1.29, 1.82) is 0 Å². The number of benzene rings is 2. The Morgan fingerprint density at radius 1 is 1.05 bits per heavy atom. The van der Waals surface area contributed by atoms with Crippen LogP contribution in [0.5, 0.6) is 0 Å². The van der Waals surface area contributed by atoms with Gasteiger partial charge in [0.2, 0.25) is 5.91 Å². The molecule has 2 aromatic heterocycles. The number of amides is 2. The molecule has 5 rings (SSSR count). The molecule has 0 radical (unpaired) electrons. The molecule has 8 heteroatoms. The summed E-state index contributed by atoms with van der Waals surface area (Å²) in [6.07, 6.45) is 2.06. The van der Waals surface area contributed by atoms with Gasteiger partial charge in [0, 0.05) is 59.9 Å². The molecule has 3 heterocycles. The summed E-state index contributed by atoms with van der Waals surface area (Å²) in [5.74, 6) is -0.602. The Morgan fingerprint density at radius 3 is 2.61 bits per heavy atom. The van der Waals surface area contributed by atoms with E-state index < -0.39 is 6.04 Å². The Balaban J connectivity index is 1.36. The van der Waals surface area contributed by atoms with Gasteiger partial charge in [-0.25, -0.2) is 0 Å². The monoisotopic (exact) mass is 527 g/mol. The molecule has 0 saturated heterocycles. The van der Waals surface area contributed by atoms with E-state index in [-0.39, 0.29) is 18.2 Å². The van der Waals surface area contributed by atoms with Gasteiger partial charge < -0.3 is 20.5 Å². The Hall–Kier alpha value is -3.94. The number of nitrogens with zero attached hydrogens (tertiary/aromatic N) is 2. The first-order chi connectivity index (χ1) is 18.4. The quantitative estimate of drug-likeness (QED) is 0.319. The van der Waals surface area contributed by atoms with E-state index in [0.717, 1.165) is 40.2 Å². The molecule has 194 valence electrons. The van der Waals surface area contributed by atoms with Gasteiger partial charge in [-0.3, -0.25) is 14.6 Å². The molecule has 0 saturated carbocycles. The number of rotatable bonds is 7. The number of halogens is 1. The summed E-state index contributed by atoms with van der Waals surface area (Å²) in [5, 5.41) is 9.79. The zero-order valence-corrected chi connectivity index (χ0v) is 22.2. The molecule has 4 aromatic rings. The topological polar surface area (TPSA) is 88.1 Å². The Bertz CT molecular complexity index is 1460. The van der Waals surface area contributed by atoms with Crippen molar-refractivity contribution in [2.24, 2.45) is 0 Å². The highest BCUT2D eigenvalue weighted by molar-refractivity contribution is 6.31. The van der Waals surface area contributed by atoms with Gasteiger partial charge in [0.25, 0.3) is 5.91 Å². The standard InChI is InChI=1S/C30H30ClN5O2/c1-19-13-14-33-20(2)28(19)21-7-9-23(10-8-21)34-29(37)26(17-22-5-3-4-6-25(22)31)35-30(38)27-12-11-24-18-32-15-16-36(24)27/h3-14,26,32H,15-18H2,1-2H3,(H,34,37)(H,35,38). The Kier molecular flexibility index (Phi) is 7.58. The third-order valence-corrected chi connectivity index (χ3v) is 7.28. The number of hydrogen-bond donors (Lipinski definition) is 3. The summed E-state index contributed by atoms with van der Waals surface area (Å²) in [7, 11) is 0. The number of hydrogen-bond acceptors (Lipinski definition) is 4. The van der Waals surface area contributed by atoms with Crippen molar-refractivity contribution in [3.8, 4) is 11.1 Å². The van der Waals surface area contributed by atoms with E-state index in [1.54, 1.807) is 12.3 Å². The van der Waals surface area contributed by atoms with Crippen molar-refractivity contribution >= 4 is 29.1 Å². The molecule has 2 amide bonds. The molecule has 7 nitrogen and oxygen atoms in total. The van der Waals surface area contributed by atoms with Crippen molar-refractivity contribution in [3.63, 3.8) is 0 Å². The van der Waals surface area contributed by atoms with E-state index in [0.29, 0.717) is 29.5 Å². The van der Waals surface area contributed by atoms with Crippen LogP contribution in [0.25, 0.3) is 11.1 Å². The molecule has 38 heavy (non-hydrogen) atoms. The summed E-state index contributed by atoms with van der Waals surface area (Å²) in [4.78, 5) is 31.2. The van der Waals surface area contributed by atoms with Gasteiger partial charge >= 0.3 is 0 Å². The van der Waals surface area contributed by atoms with Gasteiger partial charge in [-0.1, -0.05) is 41.9 Å². The number of pyridine rings is 1. The van der Waals surface area contributed by atoms with Crippen molar-refractivity contribution in [2.75, 3.05) is 11.9 Å². The SMILES string of the molecule is Cc1ccnc(C)c1-c1ccc(NC(=O)C(Cc2ccccc2Cl)NC(=O)c2ccc3n2CCNC3)cc1.